The molecular formula is C26H28N2O5S. The summed E-state index contributed by atoms with van der Waals surface area (Å²) in [6.07, 6.45) is 0.769. The van der Waals surface area contributed by atoms with Crippen LogP contribution in [-0.2, 0) is 19.1 Å². The van der Waals surface area contributed by atoms with Gasteiger partial charge in [0.1, 0.15) is 23.9 Å². The van der Waals surface area contributed by atoms with E-state index < -0.39 is 12.1 Å². The number of hydrogen-bond acceptors (Lipinski definition) is 7. The summed E-state index contributed by atoms with van der Waals surface area (Å²) in [5.74, 6) is -0.177. The molecule has 1 aromatic heterocycles. The Bertz CT molecular complexity index is 1130. The standard InChI is InChI=1S/C26H28N2O5S/c1-3-12-31-13-14-32-24(29)16-28-21-15-19(10-11-23(21)33-22(4-2)26(28)30)20-17-34-25(27-20)18-8-6-5-7-9-18/h5-11,15,17,22H,3-4,12-14,16H2,1-2H3. The summed E-state index contributed by atoms with van der Waals surface area (Å²) >= 11 is 1.56. The molecule has 3 aromatic rings. The Morgan fingerprint density at radius 2 is 1.91 bits per heavy atom. The van der Waals surface area contributed by atoms with Crippen LogP contribution in [0.2, 0.25) is 0 Å². The van der Waals surface area contributed by atoms with E-state index in [2.05, 4.69) is 0 Å². The number of fused-ring (bicyclic) bond motifs is 1. The van der Waals surface area contributed by atoms with Crippen LogP contribution in [0.15, 0.2) is 53.9 Å². The summed E-state index contributed by atoms with van der Waals surface area (Å²) < 4.78 is 16.5. The first-order valence-electron chi connectivity index (χ1n) is 11.5. The van der Waals surface area contributed by atoms with Crippen LogP contribution in [0.25, 0.3) is 21.8 Å². The number of esters is 1. The molecule has 1 amide bonds. The lowest BCUT2D eigenvalue weighted by molar-refractivity contribution is -0.145. The number of nitrogens with zero attached hydrogens (tertiary/aromatic N) is 2. The lowest BCUT2D eigenvalue weighted by atomic mass is 10.1. The number of ether oxygens (including phenoxy) is 3. The van der Waals surface area contributed by atoms with Crippen molar-refractivity contribution in [1.29, 1.82) is 0 Å². The second kappa shape index (κ2) is 11.3. The van der Waals surface area contributed by atoms with Gasteiger partial charge >= 0.3 is 5.97 Å². The fraction of sp³-hybridized carbons (Fsp3) is 0.346. The zero-order chi connectivity index (χ0) is 23.9. The van der Waals surface area contributed by atoms with E-state index >= 15 is 0 Å². The summed E-state index contributed by atoms with van der Waals surface area (Å²) in [5.41, 5.74) is 3.23. The van der Waals surface area contributed by atoms with Crippen molar-refractivity contribution in [2.45, 2.75) is 32.8 Å². The third-order valence-corrected chi connectivity index (χ3v) is 6.27. The minimum atomic E-state index is -0.636. The Labute approximate surface area is 203 Å². The highest BCUT2D eigenvalue weighted by molar-refractivity contribution is 7.13. The fourth-order valence-corrected chi connectivity index (χ4v) is 4.50. The van der Waals surface area contributed by atoms with Gasteiger partial charge in [-0.1, -0.05) is 44.2 Å². The largest absolute Gasteiger partial charge is 0.478 e. The Morgan fingerprint density at radius 3 is 2.68 bits per heavy atom. The van der Waals surface area contributed by atoms with Gasteiger partial charge in [0, 0.05) is 23.1 Å². The van der Waals surface area contributed by atoms with Crippen LogP contribution in [-0.4, -0.2) is 49.3 Å². The van der Waals surface area contributed by atoms with Crippen molar-refractivity contribution in [3.05, 3.63) is 53.9 Å². The first-order chi connectivity index (χ1) is 16.6. The van der Waals surface area contributed by atoms with E-state index in [9.17, 15) is 9.59 Å². The van der Waals surface area contributed by atoms with Crippen molar-refractivity contribution in [3.8, 4) is 27.6 Å². The predicted molar refractivity (Wildman–Crippen MR) is 132 cm³/mol. The Morgan fingerprint density at radius 1 is 1.09 bits per heavy atom. The monoisotopic (exact) mass is 480 g/mol. The maximum absolute atomic E-state index is 13.1. The second-order valence-electron chi connectivity index (χ2n) is 7.86. The van der Waals surface area contributed by atoms with Gasteiger partial charge in [-0.15, -0.1) is 11.3 Å². The third kappa shape index (κ3) is 5.46. The van der Waals surface area contributed by atoms with E-state index in [1.807, 2.05) is 67.8 Å². The third-order valence-electron chi connectivity index (χ3n) is 5.38. The van der Waals surface area contributed by atoms with Gasteiger partial charge in [-0.3, -0.25) is 14.5 Å². The average molecular weight is 481 g/mol. The summed E-state index contributed by atoms with van der Waals surface area (Å²) in [6.45, 7) is 4.82. The van der Waals surface area contributed by atoms with Crippen molar-refractivity contribution in [2.75, 3.05) is 31.3 Å². The van der Waals surface area contributed by atoms with Crippen molar-refractivity contribution >= 4 is 28.9 Å². The smallest absolute Gasteiger partial charge is 0.326 e. The Kier molecular flexibility index (Phi) is 7.92. The van der Waals surface area contributed by atoms with Crippen LogP contribution in [0.5, 0.6) is 5.75 Å². The molecule has 4 rings (SSSR count). The van der Waals surface area contributed by atoms with Gasteiger partial charge in [-0.2, -0.15) is 0 Å². The van der Waals surface area contributed by atoms with Crippen LogP contribution in [0, 0.1) is 0 Å². The summed E-state index contributed by atoms with van der Waals surface area (Å²) in [4.78, 5) is 31.8. The highest BCUT2D eigenvalue weighted by Gasteiger charge is 2.35. The molecule has 1 unspecified atom stereocenters. The van der Waals surface area contributed by atoms with Crippen LogP contribution in [0.3, 0.4) is 0 Å². The summed E-state index contributed by atoms with van der Waals surface area (Å²) in [6, 6.07) is 15.6. The minimum Gasteiger partial charge on any atom is -0.478 e. The molecule has 1 atom stereocenters. The van der Waals surface area contributed by atoms with E-state index in [1.165, 1.54) is 4.90 Å². The quantitative estimate of drug-likeness (QED) is 0.302. The highest BCUT2D eigenvalue weighted by Crippen LogP contribution is 2.39. The van der Waals surface area contributed by atoms with Crippen LogP contribution in [0.1, 0.15) is 26.7 Å². The molecule has 8 heteroatoms. The Balaban J connectivity index is 1.55. The van der Waals surface area contributed by atoms with Crippen molar-refractivity contribution < 1.29 is 23.8 Å². The highest BCUT2D eigenvalue weighted by atomic mass is 32.1. The van der Waals surface area contributed by atoms with Gasteiger partial charge in [-0.05, 0) is 31.0 Å². The summed E-state index contributed by atoms with van der Waals surface area (Å²) in [5, 5.41) is 2.90. The van der Waals surface area contributed by atoms with E-state index in [1.54, 1.807) is 11.3 Å². The molecule has 0 fully saturated rings. The molecule has 0 spiro atoms. The molecule has 1 aliphatic heterocycles. The molecule has 0 saturated carbocycles. The average Bonchev–Trinajstić information content (AvgIpc) is 3.36. The lowest BCUT2D eigenvalue weighted by Crippen LogP contribution is -2.48. The number of thiazole rings is 1. The molecule has 0 aliphatic carbocycles. The number of carbonyl (C=O) groups excluding carboxylic acids is 2. The van der Waals surface area contributed by atoms with Gasteiger partial charge in [0.2, 0.25) is 0 Å². The van der Waals surface area contributed by atoms with Crippen LogP contribution >= 0.6 is 11.3 Å². The maximum atomic E-state index is 13.1. The number of amides is 1. The van der Waals surface area contributed by atoms with Gasteiger partial charge < -0.3 is 14.2 Å². The fourth-order valence-electron chi connectivity index (χ4n) is 3.66. The summed E-state index contributed by atoms with van der Waals surface area (Å²) in [7, 11) is 0. The molecule has 0 N–H and O–H groups in total. The number of benzene rings is 2. The predicted octanol–water partition coefficient (Wildman–Crippen LogP) is 4.95. The van der Waals surface area contributed by atoms with Gasteiger partial charge in [-0.25, -0.2) is 4.98 Å². The Hall–Kier alpha value is -3.23. The normalized spacial score (nSPS) is 15.1. The number of rotatable bonds is 10. The molecule has 2 aromatic carbocycles. The zero-order valence-corrected chi connectivity index (χ0v) is 20.2. The minimum absolute atomic E-state index is 0.155. The maximum Gasteiger partial charge on any atom is 0.326 e. The lowest BCUT2D eigenvalue weighted by Gasteiger charge is -2.33. The molecule has 0 bridgehead atoms. The molecular weight excluding hydrogens is 452 g/mol. The molecule has 0 saturated heterocycles. The molecule has 178 valence electrons. The van der Waals surface area contributed by atoms with Gasteiger partial charge in [0.05, 0.1) is 18.0 Å². The van der Waals surface area contributed by atoms with Crippen molar-refractivity contribution in [1.82, 2.24) is 4.98 Å². The van der Waals surface area contributed by atoms with Crippen LogP contribution in [0.4, 0.5) is 5.69 Å². The number of anilines is 1. The first kappa shape index (κ1) is 23.9. The molecule has 34 heavy (non-hydrogen) atoms. The van der Waals surface area contributed by atoms with Gasteiger partial charge in [0.15, 0.2) is 6.10 Å². The zero-order valence-electron chi connectivity index (χ0n) is 19.4. The topological polar surface area (TPSA) is 78.0 Å². The van der Waals surface area contributed by atoms with Crippen LogP contribution < -0.4 is 9.64 Å². The molecule has 2 heterocycles. The SMILES string of the molecule is CCCOCCOC(=O)CN1C(=O)C(CC)Oc2ccc(-c3csc(-c4ccccc4)n3)cc21. The number of carbonyl (C=O) groups is 2. The van der Waals surface area contributed by atoms with Crippen molar-refractivity contribution in [2.24, 2.45) is 0 Å². The van der Waals surface area contributed by atoms with E-state index in [-0.39, 0.29) is 19.1 Å². The number of aromatic nitrogens is 1. The van der Waals surface area contributed by atoms with Gasteiger partial charge in [0.25, 0.3) is 5.91 Å². The van der Waals surface area contributed by atoms with E-state index in [4.69, 9.17) is 19.2 Å². The number of hydrogen-bond donors (Lipinski definition) is 0. The van der Waals surface area contributed by atoms with Crippen molar-refractivity contribution in [3.63, 3.8) is 0 Å². The molecule has 7 nitrogen and oxygen atoms in total. The van der Waals surface area contributed by atoms with E-state index in [0.717, 1.165) is 28.2 Å². The second-order valence-corrected chi connectivity index (χ2v) is 8.72. The molecule has 0 radical (unpaired) electrons. The first-order valence-corrected chi connectivity index (χ1v) is 12.4. The molecule has 1 aliphatic rings. The van der Waals surface area contributed by atoms with E-state index in [0.29, 0.717) is 31.1 Å².